The van der Waals surface area contributed by atoms with Gasteiger partial charge in [0.1, 0.15) is 0 Å². The van der Waals surface area contributed by atoms with E-state index >= 15 is 0 Å². The largest absolute Gasteiger partial charge is 0.346 e. The molecule has 0 saturated carbocycles. The molecule has 3 saturated heterocycles. The Hall–Kier alpha value is -1.59. The van der Waals surface area contributed by atoms with Gasteiger partial charge in [-0.3, -0.25) is 14.4 Å². The summed E-state index contributed by atoms with van der Waals surface area (Å²) in [6.07, 6.45) is 7.87. The quantitative estimate of drug-likeness (QED) is 0.654. The average Bonchev–Trinajstić information content (AvgIpc) is 2.90. The van der Waals surface area contributed by atoms with Gasteiger partial charge in [-0.25, -0.2) is 0 Å². The van der Waals surface area contributed by atoms with E-state index in [9.17, 15) is 14.4 Å². The van der Waals surface area contributed by atoms with Crippen LogP contribution in [0.2, 0.25) is 0 Å². The van der Waals surface area contributed by atoms with Crippen molar-refractivity contribution < 1.29 is 14.4 Å². The molecule has 0 unspecified atom stereocenters. The zero-order valence-electron chi connectivity index (χ0n) is 14.8. The van der Waals surface area contributed by atoms with Crippen LogP contribution in [0, 0.1) is 0 Å². The van der Waals surface area contributed by atoms with Crippen LogP contribution in [0.4, 0.5) is 0 Å². The van der Waals surface area contributed by atoms with E-state index in [2.05, 4.69) is 0 Å². The molecule has 0 aromatic heterocycles. The molecule has 26 heavy (non-hydrogen) atoms. The highest BCUT2D eigenvalue weighted by atomic mass is 16.2. The summed E-state index contributed by atoms with van der Waals surface area (Å²) in [5.74, 6) is 0.896. The third-order valence-corrected chi connectivity index (χ3v) is 4.43. The first kappa shape index (κ1) is 29.2. The van der Waals surface area contributed by atoms with Crippen LogP contribution in [0.5, 0.6) is 0 Å². The number of hydrogen-bond donors (Lipinski definition) is 0. The van der Waals surface area contributed by atoms with Gasteiger partial charge in [0.2, 0.25) is 17.7 Å². The number of amides is 3. The second kappa shape index (κ2) is 15.6. The first-order chi connectivity index (χ1) is 10.9. The number of likely N-dealkylation sites (tertiary alicyclic amines) is 3. The van der Waals surface area contributed by atoms with Crippen molar-refractivity contribution in [2.24, 2.45) is 0 Å². The van der Waals surface area contributed by atoms with Crippen molar-refractivity contribution in [2.75, 3.05) is 40.8 Å². The molecule has 0 aromatic carbocycles. The molecular weight excluding hydrogens is 330 g/mol. The Bertz CT molecular complexity index is 387. The maximum absolute atomic E-state index is 10.7. The Labute approximate surface area is 161 Å². The molecule has 3 aliphatic heterocycles. The summed E-state index contributed by atoms with van der Waals surface area (Å²) < 4.78 is 0. The highest BCUT2D eigenvalue weighted by Crippen LogP contribution is 2.07. The maximum Gasteiger partial charge on any atom is 0.222 e. The molecule has 0 bridgehead atoms. The standard InChI is InChI=1S/2C6H11NO.C5H9NO.3CH4/c2*1-7-5-3-2-4-6(7)8;1-6-4-2-3-5(6)7;;;/h2*2-5H2,1H3;2-4H2,1H3;3*1H4. The molecule has 3 fully saturated rings. The summed E-state index contributed by atoms with van der Waals surface area (Å²) >= 11 is 0. The molecule has 3 heterocycles. The Morgan fingerprint density at radius 3 is 0.923 bits per heavy atom. The van der Waals surface area contributed by atoms with Crippen LogP contribution in [0.15, 0.2) is 0 Å². The molecular formula is C20H43N3O3. The van der Waals surface area contributed by atoms with E-state index < -0.39 is 0 Å². The fourth-order valence-corrected chi connectivity index (χ4v) is 2.66. The maximum atomic E-state index is 10.7. The number of nitrogens with zero attached hydrogens (tertiary/aromatic N) is 3. The van der Waals surface area contributed by atoms with E-state index in [1.807, 2.05) is 21.1 Å². The smallest absolute Gasteiger partial charge is 0.222 e. The van der Waals surface area contributed by atoms with Crippen molar-refractivity contribution in [3.05, 3.63) is 0 Å². The number of piperidine rings is 2. The lowest BCUT2D eigenvalue weighted by molar-refractivity contribution is -0.132. The SMILES string of the molecule is C.C.C.CN1CCCC1=O.CN1CCCCC1=O.CN1CCCCC1=O. The normalized spacial score (nSPS) is 19.0. The van der Waals surface area contributed by atoms with Gasteiger partial charge in [0.05, 0.1) is 0 Å². The van der Waals surface area contributed by atoms with Gasteiger partial charge in [0.25, 0.3) is 0 Å². The number of carbonyl (C=O) groups excluding carboxylic acids is 3. The zero-order valence-corrected chi connectivity index (χ0v) is 14.8. The molecule has 0 radical (unpaired) electrons. The average molecular weight is 374 g/mol. The lowest BCUT2D eigenvalue weighted by Gasteiger charge is -2.21. The second-order valence-electron chi connectivity index (χ2n) is 6.46. The highest BCUT2D eigenvalue weighted by Gasteiger charge is 2.14. The lowest BCUT2D eigenvalue weighted by atomic mass is 10.1. The Balaban J connectivity index is -0.000000289. The molecule has 3 amide bonds. The summed E-state index contributed by atoms with van der Waals surface area (Å²) in [5.41, 5.74) is 0. The Morgan fingerprint density at radius 2 is 0.769 bits per heavy atom. The van der Waals surface area contributed by atoms with E-state index in [0.29, 0.717) is 17.7 Å². The van der Waals surface area contributed by atoms with Crippen LogP contribution in [-0.2, 0) is 14.4 Å². The predicted octanol–water partition coefficient (Wildman–Crippen LogP) is 3.40. The molecule has 3 rings (SSSR count). The van der Waals surface area contributed by atoms with E-state index in [1.54, 1.807) is 14.7 Å². The first-order valence-electron chi connectivity index (χ1n) is 8.63. The van der Waals surface area contributed by atoms with Gasteiger partial charge in [0, 0.05) is 60.0 Å². The third-order valence-electron chi connectivity index (χ3n) is 4.43. The van der Waals surface area contributed by atoms with Crippen molar-refractivity contribution in [3.63, 3.8) is 0 Å². The van der Waals surface area contributed by atoms with Gasteiger partial charge in [-0.05, 0) is 32.1 Å². The molecule has 3 aliphatic rings. The minimum Gasteiger partial charge on any atom is -0.346 e. The summed E-state index contributed by atoms with van der Waals surface area (Å²) in [6, 6.07) is 0. The van der Waals surface area contributed by atoms with Gasteiger partial charge in [-0.1, -0.05) is 22.3 Å². The Morgan fingerprint density at radius 1 is 0.500 bits per heavy atom. The van der Waals surface area contributed by atoms with Crippen molar-refractivity contribution >= 4 is 17.7 Å². The summed E-state index contributed by atoms with van der Waals surface area (Å²) in [6.45, 7) is 2.87. The van der Waals surface area contributed by atoms with Crippen LogP contribution < -0.4 is 0 Å². The number of rotatable bonds is 0. The van der Waals surface area contributed by atoms with Gasteiger partial charge >= 0.3 is 0 Å². The molecule has 156 valence electrons. The van der Waals surface area contributed by atoms with E-state index in [0.717, 1.165) is 58.2 Å². The molecule has 6 heteroatoms. The number of carbonyl (C=O) groups is 3. The highest BCUT2D eigenvalue weighted by molar-refractivity contribution is 5.77. The monoisotopic (exact) mass is 373 g/mol. The third kappa shape index (κ3) is 11.1. The van der Waals surface area contributed by atoms with Gasteiger partial charge in [0.15, 0.2) is 0 Å². The van der Waals surface area contributed by atoms with E-state index in [4.69, 9.17) is 0 Å². The van der Waals surface area contributed by atoms with Crippen LogP contribution in [-0.4, -0.2) is 73.2 Å². The van der Waals surface area contributed by atoms with Crippen LogP contribution in [0.1, 0.15) is 73.6 Å². The summed E-state index contributed by atoms with van der Waals surface area (Å²) in [5, 5.41) is 0. The fourth-order valence-electron chi connectivity index (χ4n) is 2.66. The molecule has 0 atom stereocenters. The molecule has 0 aromatic rings. The summed E-state index contributed by atoms with van der Waals surface area (Å²) in [4.78, 5) is 37.3. The first-order valence-corrected chi connectivity index (χ1v) is 8.63. The van der Waals surface area contributed by atoms with Gasteiger partial charge in [-0.2, -0.15) is 0 Å². The molecule has 0 N–H and O–H groups in total. The fraction of sp³-hybridized carbons (Fsp3) is 0.850. The second-order valence-corrected chi connectivity index (χ2v) is 6.46. The van der Waals surface area contributed by atoms with Crippen molar-refractivity contribution in [1.29, 1.82) is 0 Å². The van der Waals surface area contributed by atoms with Crippen LogP contribution >= 0.6 is 0 Å². The summed E-state index contributed by atoms with van der Waals surface area (Å²) in [7, 11) is 5.57. The lowest BCUT2D eigenvalue weighted by Crippen LogP contribution is -2.31. The zero-order chi connectivity index (χ0) is 17.2. The van der Waals surface area contributed by atoms with Crippen LogP contribution in [0.3, 0.4) is 0 Å². The molecule has 0 aliphatic carbocycles. The van der Waals surface area contributed by atoms with Crippen molar-refractivity contribution in [3.8, 4) is 0 Å². The minimum absolute atomic E-state index is 0. The topological polar surface area (TPSA) is 60.9 Å². The minimum atomic E-state index is 0. The van der Waals surface area contributed by atoms with Crippen molar-refractivity contribution in [2.45, 2.75) is 73.6 Å². The van der Waals surface area contributed by atoms with Crippen LogP contribution in [0.25, 0.3) is 0 Å². The predicted molar refractivity (Wildman–Crippen MR) is 110 cm³/mol. The van der Waals surface area contributed by atoms with E-state index in [1.165, 1.54) is 12.8 Å². The Kier molecular flexibility index (Phi) is 17.6. The van der Waals surface area contributed by atoms with Gasteiger partial charge < -0.3 is 14.7 Å². The molecule has 6 nitrogen and oxygen atoms in total. The molecule has 0 spiro atoms. The van der Waals surface area contributed by atoms with Crippen molar-refractivity contribution in [1.82, 2.24) is 14.7 Å². The number of hydrogen-bond acceptors (Lipinski definition) is 3. The van der Waals surface area contributed by atoms with Gasteiger partial charge in [-0.15, -0.1) is 0 Å². The van der Waals surface area contributed by atoms with E-state index in [-0.39, 0.29) is 22.3 Å².